The fourth-order valence-corrected chi connectivity index (χ4v) is 3.28. The van der Waals surface area contributed by atoms with Gasteiger partial charge in [0.25, 0.3) is 0 Å². The van der Waals surface area contributed by atoms with E-state index in [4.69, 9.17) is 0 Å². The van der Waals surface area contributed by atoms with Crippen LogP contribution in [-0.4, -0.2) is 40.4 Å². The van der Waals surface area contributed by atoms with Gasteiger partial charge in [0.05, 0.1) is 6.54 Å². The van der Waals surface area contributed by atoms with Gasteiger partial charge in [-0.3, -0.25) is 4.99 Å². The topological polar surface area (TPSA) is 67.1 Å². The van der Waals surface area contributed by atoms with Gasteiger partial charge in [0, 0.05) is 32.5 Å². The molecule has 0 spiro atoms. The highest BCUT2D eigenvalue weighted by molar-refractivity contribution is 14.0. The largest absolute Gasteiger partial charge is 0.356 e. The third kappa shape index (κ3) is 5.67. The molecule has 1 aliphatic rings. The second-order valence-corrected chi connectivity index (χ2v) is 7.12. The van der Waals surface area contributed by atoms with Gasteiger partial charge >= 0.3 is 0 Å². The van der Waals surface area contributed by atoms with E-state index < -0.39 is 0 Å². The van der Waals surface area contributed by atoms with Crippen LogP contribution in [0, 0.1) is 6.92 Å². The fraction of sp³-hybridized carbons (Fsp3) is 0.550. The van der Waals surface area contributed by atoms with Gasteiger partial charge in [-0.2, -0.15) is 5.10 Å². The minimum absolute atomic E-state index is 0. The first-order valence-electron chi connectivity index (χ1n) is 9.55. The van der Waals surface area contributed by atoms with Crippen molar-refractivity contribution in [2.75, 3.05) is 13.6 Å². The Morgan fingerprint density at radius 3 is 2.74 bits per heavy atom. The lowest BCUT2D eigenvalue weighted by Crippen LogP contribution is -2.47. The molecule has 0 amide bonds. The third-order valence-electron chi connectivity index (χ3n) is 5.00. The third-order valence-corrected chi connectivity index (χ3v) is 5.00. The van der Waals surface area contributed by atoms with Crippen LogP contribution in [0.3, 0.4) is 0 Å². The van der Waals surface area contributed by atoms with Crippen molar-refractivity contribution in [2.24, 2.45) is 4.99 Å². The summed E-state index contributed by atoms with van der Waals surface area (Å²) in [6, 6.07) is 9.07. The number of halogens is 1. The number of aromatic nitrogens is 3. The average Bonchev–Trinajstić information content (AvgIpc) is 3.07. The lowest BCUT2D eigenvalue weighted by molar-refractivity contribution is 0.392. The van der Waals surface area contributed by atoms with Gasteiger partial charge in [0.15, 0.2) is 11.8 Å². The minimum Gasteiger partial charge on any atom is -0.356 e. The second-order valence-electron chi connectivity index (χ2n) is 7.12. The van der Waals surface area contributed by atoms with Crippen molar-refractivity contribution < 1.29 is 0 Å². The second kappa shape index (κ2) is 10.1. The normalized spacial score (nSPS) is 17.6. The first kappa shape index (κ1) is 21.7. The van der Waals surface area contributed by atoms with Crippen molar-refractivity contribution in [3.05, 3.63) is 47.0 Å². The lowest BCUT2D eigenvalue weighted by atomic mass is 10.0. The summed E-state index contributed by atoms with van der Waals surface area (Å²) in [6.07, 6.45) is 2.90. The Balaban J connectivity index is 0.00000261. The highest BCUT2D eigenvalue weighted by Gasteiger charge is 2.22. The quantitative estimate of drug-likeness (QED) is 0.391. The van der Waals surface area contributed by atoms with E-state index in [0.717, 1.165) is 50.0 Å². The molecule has 3 rings (SSSR count). The van der Waals surface area contributed by atoms with Gasteiger partial charge in [-0.25, -0.2) is 9.67 Å². The number of aliphatic imine (C=N–C) groups is 1. The fourth-order valence-electron chi connectivity index (χ4n) is 3.28. The van der Waals surface area contributed by atoms with Gasteiger partial charge < -0.3 is 10.6 Å². The molecule has 2 unspecified atom stereocenters. The van der Waals surface area contributed by atoms with Crippen LogP contribution in [0.4, 0.5) is 0 Å². The molecule has 0 saturated heterocycles. The number of benzene rings is 1. The summed E-state index contributed by atoms with van der Waals surface area (Å²) in [5, 5.41) is 11.6. The van der Waals surface area contributed by atoms with Gasteiger partial charge in [0.2, 0.25) is 0 Å². The molecule has 7 heteroatoms. The number of rotatable bonds is 5. The van der Waals surface area contributed by atoms with Crippen molar-refractivity contribution in [3.8, 4) is 0 Å². The van der Waals surface area contributed by atoms with Gasteiger partial charge in [0.1, 0.15) is 5.82 Å². The number of hydrogen-bond donors (Lipinski definition) is 2. The molecule has 0 bridgehead atoms. The van der Waals surface area contributed by atoms with Crippen molar-refractivity contribution in [1.82, 2.24) is 25.4 Å². The molecular weight excluding hydrogens is 451 g/mol. The van der Waals surface area contributed by atoms with E-state index in [1.165, 1.54) is 11.1 Å². The molecule has 27 heavy (non-hydrogen) atoms. The summed E-state index contributed by atoms with van der Waals surface area (Å²) in [7, 11) is 1.82. The van der Waals surface area contributed by atoms with Gasteiger partial charge in [-0.05, 0) is 24.8 Å². The number of nitrogens with zero attached hydrogens (tertiary/aromatic N) is 4. The monoisotopic (exact) mass is 482 g/mol. The van der Waals surface area contributed by atoms with E-state index >= 15 is 0 Å². The first-order valence-corrected chi connectivity index (χ1v) is 9.55. The van der Waals surface area contributed by atoms with Crippen LogP contribution in [0.15, 0.2) is 29.3 Å². The van der Waals surface area contributed by atoms with Crippen molar-refractivity contribution in [2.45, 2.75) is 58.5 Å². The molecular formula is C20H31IN6. The van der Waals surface area contributed by atoms with E-state index in [9.17, 15) is 0 Å². The van der Waals surface area contributed by atoms with E-state index in [1.54, 1.807) is 0 Å². The van der Waals surface area contributed by atoms with E-state index in [-0.39, 0.29) is 24.0 Å². The molecule has 0 saturated carbocycles. The Hall–Kier alpha value is -1.64. The summed E-state index contributed by atoms with van der Waals surface area (Å²) in [6.45, 7) is 8.14. The molecule has 0 fully saturated rings. The number of aryl methyl sites for hydroxylation is 3. The maximum Gasteiger partial charge on any atom is 0.191 e. The summed E-state index contributed by atoms with van der Waals surface area (Å²) in [4.78, 5) is 8.97. The summed E-state index contributed by atoms with van der Waals surface area (Å²) < 4.78 is 2.04. The zero-order chi connectivity index (χ0) is 18.5. The zero-order valence-electron chi connectivity index (χ0n) is 16.7. The first-order chi connectivity index (χ1) is 12.6. The van der Waals surface area contributed by atoms with Gasteiger partial charge in [-0.1, -0.05) is 43.7 Å². The zero-order valence-corrected chi connectivity index (χ0v) is 19.0. The number of fused-ring (bicyclic) bond motifs is 1. The van der Waals surface area contributed by atoms with Crippen LogP contribution in [0.25, 0.3) is 0 Å². The van der Waals surface area contributed by atoms with Crippen molar-refractivity contribution in [1.29, 1.82) is 0 Å². The highest BCUT2D eigenvalue weighted by atomic mass is 127. The molecule has 2 atom stereocenters. The summed E-state index contributed by atoms with van der Waals surface area (Å²) in [5.74, 6) is 3.33. The van der Waals surface area contributed by atoms with Crippen molar-refractivity contribution in [3.63, 3.8) is 0 Å². The Morgan fingerprint density at radius 2 is 2.07 bits per heavy atom. The maximum absolute atomic E-state index is 4.58. The smallest absolute Gasteiger partial charge is 0.191 e. The predicted molar refractivity (Wildman–Crippen MR) is 121 cm³/mol. The lowest BCUT2D eigenvalue weighted by Gasteiger charge is -2.26. The Labute approximate surface area is 179 Å². The number of hydrogen-bond acceptors (Lipinski definition) is 3. The van der Waals surface area contributed by atoms with E-state index in [2.05, 4.69) is 70.7 Å². The maximum atomic E-state index is 4.58. The predicted octanol–water partition coefficient (Wildman–Crippen LogP) is 3.05. The van der Waals surface area contributed by atoms with Crippen LogP contribution >= 0.6 is 24.0 Å². The Morgan fingerprint density at radius 1 is 1.33 bits per heavy atom. The van der Waals surface area contributed by atoms with Crippen LogP contribution in [0.1, 0.15) is 49.0 Å². The van der Waals surface area contributed by atoms with Crippen molar-refractivity contribution >= 4 is 29.9 Å². The molecule has 0 aliphatic carbocycles. The molecule has 6 nitrogen and oxygen atoms in total. The standard InChI is InChI=1S/C20H30N6.HI/c1-5-18-24-19-11-10-17(13-26(19)25-18)23-20(21-4)22-12-15(3)16-8-6-14(2)7-9-16;/h6-9,15,17H,5,10-13H2,1-4H3,(H2,21,22,23);1H. The molecule has 0 radical (unpaired) electrons. The summed E-state index contributed by atoms with van der Waals surface area (Å²) in [5.41, 5.74) is 2.64. The molecule has 2 aromatic rings. The average molecular weight is 482 g/mol. The van der Waals surface area contributed by atoms with E-state index in [0.29, 0.717) is 12.0 Å². The minimum atomic E-state index is 0. The molecule has 2 heterocycles. The Kier molecular flexibility index (Phi) is 8.07. The Bertz CT molecular complexity index is 752. The SMILES string of the molecule is CCc1nc2n(n1)CC(NC(=NC)NCC(C)c1ccc(C)cc1)CC2.I. The highest BCUT2D eigenvalue weighted by Crippen LogP contribution is 2.15. The molecule has 1 aromatic carbocycles. The number of nitrogens with one attached hydrogen (secondary N) is 2. The molecule has 1 aliphatic heterocycles. The molecule has 1 aromatic heterocycles. The molecule has 148 valence electrons. The molecule has 2 N–H and O–H groups in total. The summed E-state index contributed by atoms with van der Waals surface area (Å²) >= 11 is 0. The van der Waals surface area contributed by atoms with Crippen LogP contribution in [-0.2, 0) is 19.4 Å². The van der Waals surface area contributed by atoms with Crippen LogP contribution in [0.2, 0.25) is 0 Å². The number of guanidine groups is 1. The van der Waals surface area contributed by atoms with E-state index in [1.807, 2.05) is 11.7 Å². The van der Waals surface area contributed by atoms with Gasteiger partial charge in [-0.15, -0.1) is 24.0 Å². The van der Waals surface area contributed by atoms with Crippen LogP contribution < -0.4 is 10.6 Å². The van der Waals surface area contributed by atoms with Crippen LogP contribution in [0.5, 0.6) is 0 Å².